The van der Waals surface area contributed by atoms with E-state index in [4.69, 9.17) is 33.7 Å². The van der Waals surface area contributed by atoms with Crippen molar-refractivity contribution in [3.8, 4) is 45.1 Å². The van der Waals surface area contributed by atoms with Gasteiger partial charge < -0.3 is 54.1 Å². The van der Waals surface area contributed by atoms with E-state index in [1.54, 1.807) is 41.7 Å². The molecule has 9 rings (SSSR count). The molecule has 5 aromatic rings. The second kappa shape index (κ2) is 20.3. The Morgan fingerprint density at radius 2 is 1.43 bits per heavy atom. The van der Waals surface area contributed by atoms with E-state index in [1.807, 2.05) is 94.6 Å². The number of methoxy groups -OCH3 is 1. The summed E-state index contributed by atoms with van der Waals surface area (Å²) >= 11 is 0. The van der Waals surface area contributed by atoms with Gasteiger partial charge in [0.25, 0.3) is 0 Å². The SMILES string of the molecule is COC(=O)N[C@H](C(=O)N1CCC[C@H]1c1nc(-c2ccc(-c3ccc(-c4cnc(C5C[C@@H](OC(=O)N6Cc7ccc8c(c7C6)OCO8)CN5C(=O)[C@@H](NC(=O)OC(C)(C)C)C(C)C)[nH]4)cc3)cc2)c[nH]1)C(C)C. The molecule has 2 fully saturated rings. The van der Waals surface area contributed by atoms with E-state index in [2.05, 4.69) is 20.6 Å². The fourth-order valence-electron chi connectivity index (χ4n) is 9.88. The molecule has 0 saturated carbocycles. The zero-order chi connectivity index (χ0) is 51.0. The van der Waals surface area contributed by atoms with Gasteiger partial charge in [0.1, 0.15) is 35.4 Å². The second-order valence-electron chi connectivity index (χ2n) is 20.5. The number of likely N-dealkylation sites (tertiary alicyclic amines) is 2. The summed E-state index contributed by atoms with van der Waals surface area (Å²) in [4.78, 5) is 88.4. The molecule has 0 bridgehead atoms. The number of hydrogen-bond acceptors (Lipinski definition) is 12. The average molecular weight is 986 g/mol. The maximum absolute atomic E-state index is 14.5. The lowest BCUT2D eigenvalue weighted by Gasteiger charge is -2.31. The number of carbonyl (C=O) groups excluding carboxylic acids is 5. The Hall–Kier alpha value is -7.57. The average Bonchev–Trinajstić information content (AvgIpc) is 4.22. The van der Waals surface area contributed by atoms with Gasteiger partial charge in [-0.25, -0.2) is 24.4 Å². The standard InChI is InChI=1S/C53H63N9O10/c1-29(2)43(58-50(65)68-8)48(63)61-21-9-10-40(61)46-54-23-38(56-46)33-15-11-31(12-16-33)32-13-17-34(18-14-32)39-24-55-47(57-39)41-22-36(26-62(41)49(64)44(30(3)4)59-51(66)72-53(5,6)7)71-52(67)60-25-35-19-20-42-45(37(35)27-60)70-28-69-42/h11-20,23-24,29-30,36,40-41,43-44H,9-10,21-22,25-28H2,1-8H3,(H,54,56)(H,55,57)(H,58,65)(H,59,66)/t36-,40+,41?,43+,44+/m1/s1. The maximum atomic E-state index is 14.5. The molecule has 72 heavy (non-hydrogen) atoms. The van der Waals surface area contributed by atoms with Crippen molar-refractivity contribution in [2.75, 3.05) is 27.0 Å². The molecule has 0 radical (unpaired) electrons. The molecule has 3 aromatic carbocycles. The van der Waals surface area contributed by atoms with Crippen LogP contribution in [-0.2, 0) is 36.9 Å². The minimum Gasteiger partial charge on any atom is -0.454 e. The van der Waals surface area contributed by atoms with Crippen LogP contribution in [0.4, 0.5) is 14.4 Å². The molecule has 5 amide bonds. The molecule has 4 aliphatic heterocycles. The lowest BCUT2D eigenvalue weighted by atomic mass is 10.0. The van der Waals surface area contributed by atoms with Gasteiger partial charge in [-0.15, -0.1) is 0 Å². The van der Waals surface area contributed by atoms with Gasteiger partial charge in [0, 0.05) is 36.8 Å². The van der Waals surface area contributed by atoms with Crippen LogP contribution in [-0.4, -0.2) is 116 Å². The zero-order valence-electron chi connectivity index (χ0n) is 41.9. The number of imidazole rings is 2. The van der Waals surface area contributed by atoms with Gasteiger partial charge in [-0.1, -0.05) is 82.3 Å². The minimum atomic E-state index is -0.927. The van der Waals surface area contributed by atoms with E-state index in [-0.39, 0.29) is 49.5 Å². The highest BCUT2D eigenvalue weighted by Crippen LogP contribution is 2.42. The molecule has 2 saturated heterocycles. The predicted octanol–water partition coefficient (Wildman–Crippen LogP) is 8.25. The molecule has 19 heteroatoms. The number of alkyl carbamates (subject to hydrolysis) is 2. The Kier molecular flexibility index (Phi) is 13.9. The Bertz CT molecular complexity index is 2820. The van der Waals surface area contributed by atoms with Crippen molar-refractivity contribution in [2.24, 2.45) is 11.8 Å². The molecule has 1 unspecified atom stereocenters. The summed E-state index contributed by atoms with van der Waals surface area (Å²) < 4.78 is 27.7. The van der Waals surface area contributed by atoms with Crippen molar-refractivity contribution in [2.45, 2.75) is 117 Å². The number of rotatable bonds is 12. The summed E-state index contributed by atoms with van der Waals surface area (Å²) in [7, 11) is 1.28. The first-order chi connectivity index (χ1) is 34.4. The van der Waals surface area contributed by atoms with Crippen molar-refractivity contribution in [3.63, 3.8) is 0 Å². The van der Waals surface area contributed by atoms with Crippen LogP contribution in [0.25, 0.3) is 33.6 Å². The Balaban J connectivity index is 0.883. The molecular formula is C53H63N9O10. The van der Waals surface area contributed by atoms with Crippen LogP contribution >= 0.6 is 0 Å². The predicted molar refractivity (Wildman–Crippen MR) is 264 cm³/mol. The molecule has 5 atom stereocenters. The van der Waals surface area contributed by atoms with Gasteiger partial charge in [0.2, 0.25) is 18.6 Å². The molecule has 4 N–H and O–H groups in total. The number of hydrogen-bond donors (Lipinski definition) is 4. The van der Waals surface area contributed by atoms with Crippen molar-refractivity contribution in [3.05, 3.63) is 95.8 Å². The van der Waals surface area contributed by atoms with E-state index >= 15 is 0 Å². The minimum absolute atomic E-state index is 0.0864. The van der Waals surface area contributed by atoms with Gasteiger partial charge in [-0.05, 0) is 73.8 Å². The highest BCUT2D eigenvalue weighted by Gasteiger charge is 2.44. The normalized spacial score (nSPS) is 19.1. The van der Waals surface area contributed by atoms with Crippen molar-refractivity contribution >= 4 is 30.1 Å². The first-order valence-electron chi connectivity index (χ1n) is 24.6. The topological polar surface area (TPSA) is 223 Å². The molecule has 4 aliphatic rings. The monoisotopic (exact) mass is 985 g/mol. The summed E-state index contributed by atoms with van der Waals surface area (Å²) in [6.07, 6.45) is 2.91. The number of carbonyl (C=O) groups is 5. The molecule has 380 valence electrons. The lowest BCUT2D eigenvalue weighted by molar-refractivity contribution is -0.136. The number of nitrogens with zero attached hydrogens (tertiary/aromatic N) is 5. The van der Waals surface area contributed by atoms with Crippen molar-refractivity contribution < 1.29 is 47.7 Å². The number of ether oxygens (including phenoxy) is 5. The molecule has 0 aliphatic carbocycles. The quantitative estimate of drug-likeness (QED) is 0.0868. The molecule has 0 spiro atoms. The molecule has 6 heterocycles. The van der Waals surface area contributed by atoms with Crippen molar-refractivity contribution in [1.29, 1.82) is 0 Å². The number of aromatic nitrogens is 4. The lowest BCUT2D eigenvalue weighted by Crippen LogP contribution is -2.52. The summed E-state index contributed by atoms with van der Waals surface area (Å²) in [5, 5.41) is 5.49. The van der Waals surface area contributed by atoms with Crippen LogP contribution in [0, 0.1) is 11.8 Å². The van der Waals surface area contributed by atoms with Crippen LogP contribution in [0.1, 0.15) is 103 Å². The number of amides is 5. The summed E-state index contributed by atoms with van der Waals surface area (Å²) in [5.74, 6) is 1.58. The van der Waals surface area contributed by atoms with Gasteiger partial charge in [-0.3, -0.25) is 14.5 Å². The highest BCUT2D eigenvalue weighted by atomic mass is 16.7. The number of aromatic amines is 2. The number of H-pyrrole nitrogens is 2. The summed E-state index contributed by atoms with van der Waals surface area (Å²) in [6, 6.07) is 17.5. The van der Waals surface area contributed by atoms with E-state index in [1.165, 1.54) is 7.11 Å². The maximum Gasteiger partial charge on any atom is 0.410 e. The van der Waals surface area contributed by atoms with Crippen LogP contribution < -0.4 is 20.1 Å². The van der Waals surface area contributed by atoms with Gasteiger partial charge in [0.05, 0.1) is 49.9 Å². The number of benzene rings is 3. The van der Waals surface area contributed by atoms with E-state index < -0.39 is 48.1 Å². The van der Waals surface area contributed by atoms with E-state index in [0.29, 0.717) is 42.8 Å². The first kappa shape index (κ1) is 49.4. The van der Waals surface area contributed by atoms with Crippen LogP contribution in [0.3, 0.4) is 0 Å². The second-order valence-corrected chi connectivity index (χ2v) is 20.5. The van der Waals surface area contributed by atoms with Crippen LogP contribution in [0.5, 0.6) is 11.5 Å². The summed E-state index contributed by atoms with van der Waals surface area (Å²) in [5.41, 5.74) is 6.35. The molecule has 19 nitrogen and oxygen atoms in total. The van der Waals surface area contributed by atoms with Crippen LogP contribution in [0.15, 0.2) is 73.1 Å². The fourth-order valence-corrected chi connectivity index (χ4v) is 9.88. The van der Waals surface area contributed by atoms with Gasteiger partial charge in [0.15, 0.2) is 11.5 Å². The molecular weight excluding hydrogens is 923 g/mol. The zero-order valence-corrected chi connectivity index (χ0v) is 41.9. The largest absolute Gasteiger partial charge is 0.454 e. The smallest absolute Gasteiger partial charge is 0.410 e. The number of fused-ring (bicyclic) bond motifs is 3. The van der Waals surface area contributed by atoms with Crippen LogP contribution in [0.2, 0.25) is 0 Å². The van der Waals surface area contributed by atoms with E-state index in [0.717, 1.165) is 57.6 Å². The third-order valence-corrected chi connectivity index (χ3v) is 13.6. The third kappa shape index (κ3) is 10.4. The third-order valence-electron chi connectivity index (χ3n) is 13.6. The van der Waals surface area contributed by atoms with Gasteiger partial charge >= 0.3 is 18.3 Å². The Morgan fingerprint density at radius 3 is 2.10 bits per heavy atom. The van der Waals surface area contributed by atoms with E-state index in [9.17, 15) is 24.0 Å². The number of nitrogens with one attached hydrogen (secondary N) is 4. The fraction of sp³-hybridized carbons (Fsp3) is 0.453. The highest BCUT2D eigenvalue weighted by molar-refractivity contribution is 5.87. The van der Waals surface area contributed by atoms with Crippen molar-refractivity contribution in [1.82, 2.24) is 45.3 Å². The summed E-state index contributed by atoms with van der Waals surface area (Å²) in [6.45, 7) is 14.2. The van der Waals surface area contributed by atoms with Gasteiger partial charge in [-0.2, -0.15) is 0 Å². The first-order valence-corrected chi connectivity index (χ1v) is 24.6. The Labute approximate surface area is 418 Å². The Morgan fingerprint density at radius 1 is 0.778 bits per heavy atom. The molecule has 2 aromatic heterocycles.